The monoisotopic (exact) mass is 387 g/mol. The van der Waals surface area contributed by atoms with Crippen molar-refractivity contribution in [2.24, 2.45) is 11.7 Å². The molecule has 2 unspecified atom stereocenters. The second kappa shape index (κ2) is 7.97. The standard InChI is InChI=1S/C22H24F3N3/c23-16-5-3-14(4-6-16)21-20(15-2-1-13(9-15)12-27-8-7-26)18-10-17(24)11-19(25)22(18)28-21/h3-6,10-11,13,15,27-28H,1-2,7-9,12,26H2. The predicted molar refractivity (Wildman–Crippen MR) is 106 cm³/mol. The molecule has 4 rings (SSSR count). The predicted octanol–water partition coefficient (Wildman–Crippen LogP) is 4.68. The van der Waals surface area contributed by atoms with Crippen molar-refractivity contribution in [3.05, 3.63) is 59.4 Å². The lowest BCUT2D eigenvalue weighted by Crippen LogP contribution is -2.27. The SMILES string of the molecule is NCCNCC1CCC(c2c(-c3ccc(F)cc3)[nH]c3c(F)cc(F)cc23)C1. The van der Waals surface area contributed by atoms with Crippen LogP contribution in [-0.4, -0.2) is 24.6 Å². The second-order valence-corrected chi connectivity index (χ2v) is 7.60. The molecule has 148 valence electrons. The number of hydrogen-bond acceptors (Lipinski definition) is 2. The van der Waals surface area contributed by atoms with E-state index in [2.05, 4.69) is 10.3 Å². The normalized spacial score (nSPS) is 19.6. The van der Waals surface area contributed by atoms with E-state index in [4.69, 9.17) is 5.73 Å². The van der Waals surface area contributed by atoms with Gasteiger partial charge in [-0.1, -0.05) is 0 Å². The van der Waals surface area contributed by atoms with Crippen molar-refractivity contribution in [2.75, 3.05) is 19.6 Å². The third kappa shape index (κ3) is 3.66. The van der Waals surface area contributed by atoms with Gasteiger partial charge >= 0.3 is 0 Å². The molecule has 1 heterocycles. The maximum absolute atomic E-state index is 14.4. The molecule has 0 amide bonds. The summed E-state index contributed by atoms with van der Waals surface area (Å²) in [7, 11) is 0. The third-order valence-corrected chi connectivity index (χ3v) is 5.70. The first-order valence-electron chi connectivity index (χ1n) is 9.74. The van der Waals surface area contributed by atoms with E-state index >= 15 is 0 Å². The zero-order valence-electron chi connectivity index (χ0n) is 15.6. The minimum Gasteiger partial charge on any atom is -0.352 e. The van der Waals surface area contributed by atoms with Crippen molar-refractivity contribution in [3.8, 4) is 11.3 Å². The topological polar surface area (TPSA) is 53.8 Å². The van der Waals surface area contributed by atoms with Crippen LogP contribution in [0.2, 0.25) is 0 Å². The average molecular weight is 387 g/mol. The minimum absolute atomic E-state index is 0.194. The molecule has 3 nitrogen and oxygen atoms in total. The van der Waals surface area contributed by atoms with Crippen LogP contribution in [0.15, 0.2) is 36.4 Å². The summed E-state index contributed by atoms with van der Waals surface area (Å²) in [4.78, 5) is 3.14. The molecule has 0 spiro atoms. The summed E-state index contributed by atoms with van der Waals surface area (Å²) >= 11 is 0. The Kier molecular flexibility index (Phi) is 5.42. The van der Waals surface area contributed by atoms with Gasteiger partial charge < -0.3 is 16.0 Å². The van der Waals surface area contributed by atoms with Crippen molar-refractivity contribution >= 4 is 10.9 Å². The smallest absolute Gasteiger partial charge is 0.150 e. The van der Waals surface area contributed by atoms with Crippen molar-refractivity contribution in [1.82, 2.24) is 10.3 Å². The summed E-state index contributed by atoms with van der Waals surface area (Å²) in [5, 5.41) is 3.94. The summed E-state index contributed by atoms with van der Waals surface area (Å²) in [6, 6.07) is 8.41. The molecule has 1 aromatic heterocycles. The van der Waals surface area contributed by atoms with Crippen LogP contribution < -0.4 is 11.1 Å². The van der Waals surface area contributed by atoms with Gasteiger partial charge in [0.15, 0.2) is 0 Å². The fraction of sp³-hybridized carbons (Fsp3) is 0.364. The summed E-state index contributed by atoms with van der Waals surface area (Å²) in [6.45, 7) is 2.28. The fourth-order valence-corrected chi connectivity index (χ4v) is 4.44. The van der Waals surface area contributed by atoms with Gasteiger partial charge in [0, 0.05) is 24.5 Å². The van der Waals surface area contributed by atoms with Gasteiger partial charge in [-0.15, -0.1) is 0 Å². The number of hydrogen-bond donors (Lipinski definition) is 3. The van der Waals surface area contributed by atoms with E-state index in [0.717, 1.165) is 55.2 Å². The van der Waals surface area contributed by atoms with Gasteiger partial charge in [0.05, 0.1) is 11.2 Å². The van der Waals surface area contributed by atoms with E-state index in [-0.39, 0.29) is 11.7 Å². The highest BCUT2D eigenvalue weighted by Gasteiger charge is 2.30. The van der Waals surface area contributed by atoms with Crippen LogP contribution in [0.1, 0.15) is 30.7 Å². The molecule has 1 saturated carbocycles. The molecule has 1 aliphatic rings. The first-order chi connectivity index (χ1) is 13.6. The largest absolute Gasteiger partial charge is 0.352 e. The van der Waals surface area contributed by atoms with Gasteiger partial charge in [-0.2, -0.15) is 0 Å². The van der Waals surface area contributed by atoms with E-state index in [1.165, 1.54) is 18.2 Å². The number of aromatic nitrogens is 1. The van der Waals surface area contributed by atoms with Crippen LogP contribution >= 0.6 is 0 Å². The molecule has 0 radical (unpaired) electrons. The molecular formula is C22H24F3N3. The molecule has 3 aromatic rings. The number of H-pyrrole nitrogens is 1. The number of rotatable bonds is 6. The van der Waals surface area contributed by atoms with Crippen molar-refractivity contribution in [3.63, 3.8) is 0 Å². The summed E-state index contributed by atoms with van der Waals surface area (Å²) in [5.74, 6) is -0.829. The number of benzene rings is 2. The zero-order valence-corrected chi connectivity index (χ0v) is 15.6. The Labute approximate surface area is 162 Å². The molecule has 2 atom stereocenters. The Bertz CT molecular complexity index is 965. The Morgan fingerprint density at radius 2 is 1.82 bits per heavy atom. The Hall–Kier alpha value is -2.31. The molecule has 0 bridgehead atoms. The van der Waals surface area contributed by atoms with Crippen LogP contribution in [0, 0.1) is 23.4 Å². The zero-order chi connectivity index (χ0) is 19.7. The van der Waals surface area contributed by atoms with Gasteiger partial charge in [-0.3, -0.25) is 0 Å². The minimum atomic E-state index is -0.608. The maximum Gasteiger partial charge on any atom is 0.150 e. The first kappa shape index (κ1) is 19.0. The van der Waals surface area contributed by atoms with Gasteiger partial charge in [-0.25, -0.2) is 13.2 Å². The maximum atomic E-state index is 14.4. The highest BCUT2D eigenvalue weighted by atomic mass is 19.1. The fourth-order valence-electron chi connectivity index (χ4n) is 4.44. The van der Waals surface area contributed by atoms with Crippen molar-refractivity contribution < 1.29 is 13.2 Å². The highest BCUT2D eigenvalue weighted by molar-refractivity contribution is 5.92. The summed E-state index contributed by atoms with van der Waals surface area (Å²) in [6.07, 6.45) is 2.95. The second-order valence-electron chi connectivity index (χ2n) is 7.60. The summed E-state index contributed by atoms with van der Waals surface area (Å²) < 4.78 is 41.8. The molecule has 1 aliphatic carbocycles. The van der Waals surface area contributed by atoms with Crippen LogP contribution in [0.4, 0.5) is 13.2 Å². The van der Waals surface area contributed by atoms with E-state index in [9.17, 15) is 13.2 Å². The number of nitrogens with one attached hydrogen (secondary N) is 2. The molecule has 6 heteroatoms. The quantitative estimate of drug-likeness (QED) is 0.538. The van der Waals surface area contributed by atoms with Crippen LogP contribution in [0.3, 0.4) is 0 Å². The van der Waals surface area contributed by atoms with Crippen molar-refractivity contribution in [2.45, 2.75) is 25.2 Å². The van der Waals surface area contributed by atoms with Crippen LogP contribution in [0.5, 0.6) is 0 Å². The van der Waals surface area contributed by atoms with Gasteiger partial charge in [-0.05, 0) is 79.1 Å². The number of nitrogens with two attached hydrogens (primary N) is 1. The average Bonchev–Trinajstić information content (AvgIpc) is 3.27. The molecule has 0 aliphatic heterocycles. The summed E-state index contributed by atoms with van der Waals surface area (Å²) in [5.41, 5.74) is 8.30. The first-order valence-corrected chi connectivity index (χ1v) is 9.74. The third-order valence-electron chi connectivity index (χ3n) is 5.70. The lowest BCUT2D eigenvalue weighted by molar-refractivity contribution is 0.488. The van der Waals surface area contributed by atoms with Gasteiger partial charge in [0.2, 0.25) is 0 Å². The van der Waals surface area contributed by atoms with Gasteiger partial charge in [0.1, 0.15) is 17.5 Å². The molecule has 4 N–H and O–H groups in total. The molecule has 1 fully saturated rings. The molecule has 28 heavy (non-hydrogen) atoms. The highest BCUT2D eigenvalue weighted by Crippen LogP contribution is 2.45. The Morgan fingerprint density at radius 3 is 2.57 bits per heavy atom. The van der Waals surface area contributed by atoms with E-state index in [1.54, 1.807) is 12.1 Å². The Morgan fingerprint density at radius 1 is 1.04 bits per heavy atom. The van der Waals surface area contributed by atoms with Crippen molar-refractivity contribution in [1.29, 1.82) is 0 Å². The van der Waals surface area contributed by atoms with E-state index < -0.39 is 11.6 Å². The molecule has 0 saturated heterocycles. The van der Waals surface area contributed by atoms with Gasteiger partial charge in [0.25, 0.3) is 0 Å². The Balaban J connectivity index is 1.75. The molecule has 2 aromatic carbocycles. The molecular weight excluding hydrogens is 363 g/mol. The number of fused-ring (bicyclic) bond motifs is 1. The van der Waals surface area contributed by atoms with E-state index in [0.29, 0.717) is 23.4 Å². The van der Waals surface area contributed by atoms with E-state index in [1.807, 2.05) is 0 Å². The number of aromatic amines is 1. The van der Waals surface area contributed by atoms with Crippen LogP contribution in [-0.2, 0) is 0 Å². The lowest BCUT2D eigenvalue weighted by Gasteiger charge is -2.14. The number of halogens is 3. The lowest BCUT2D eigenvalue weighted by atomic mass is 9.91. The van der Waals surface area contributed by atoms with Crippen LogP contribution in [0.25, 0.3) is 22.2 Å².